The SMILES string of the molecule is Cc1cc(O)cc(N(c2cc(C)cc(O)c2)c2ccccc2Oc2cc(O)ccc2C)c1. The van der Waals surface area contributed by atoms with Crippen LogP contribution in [0.5, 0.6) is 28.7 Å². The van der Waals surface area contributed by atoms with Gasteiger partial charge in [0.1, 0.15) is 23.0 Å². The minimum Gasteiger partial charge on any atom is -0.508 e. The van der Waals surface area contributed by atoms with E-state index in [1.807, 2.05) is 62.1 Å². The van der Waals surface area contributed by atoms with Gasteiger partial charge in [-0.2, -0.15) is 0 Å². The summed E-state index contributed by atoms with van der Waals surface area (Å²) in [6, 6.07) is 23.1. The molecule has 5 nitrogen and oxygen atoms in total. The average Bonchev–Trinajstić information content (AvgIpc) is 2.71. The average molecular weight is 428 g/mol. The first kappa shape index (κ1) is 21.1. The highest BCUT2D eigenvalue weighted by Crippen LogP contribution is 2.44. The van der Waals surface area contributed by atoms with Crippen LogP contribution in [0, 0.1) is 20.8 Å². The fraction of sp³-hybridized carbons (Fsp3) is 0.111. The normalized spacial score (nSPS) is 10.7. The maximum absolute atomic E-state index is 10.3. The Morgan fingerprint density at radius 2 is 1.19 bits per heavy atom. The molecule has 0 aliphatic heterocycles. The predicted octanol–water partition coefficient (Wildman–Crippen LogP) is 6.99. The number of ether oxygens (including phenoxy) is 1. The second-order valence-corrected chi connectivity index (χ2v) is 7.91. The van der Waals surface area contributed by atoms with Gasteiger partial charge in [-0.25, -0.2) is 0 Å². The van der Waals surface area contributed by atoms with Gasteiger partial charge in [-0.3, -0.25) is 0 Å². The molecule has 32 heavy (non-hydrogen) atoms. The fourth-order valence-corrected chi connectivity index (χ4v) is 3.72. The quantitative estimate of drug-likeness (QED) is 0.320. The summed E-state index contributed by atoms with van der Waals surface area (Å²) in [6.45, 7) is 5.73. The summed E-state index contributed by atoms with van der Waals surface area (Å²) < 4.78 is 6.24. The lowest BCUT2D eigenvalue weighted by molar-refractivity contribution is 0.453. The molecule has 4 aromatic rings. The number of hydrogen-bond acceptors (Lipinski definition) is 5. The van der Waals surface area contributed by atoms with E-state index in [1.165, 1.54) is 0 Å². The van der Waals surface area contributed by atoms with Crippen molar-refractivity contribution in [3.63, 3.8) is 0 Å². The van der Waals surface area contributed by atoms with Crippen LogP contribution in [0.25, 0.3) is 0 Å². The molecule has 0 spiro atoms. The number of anilines is 3. The summed E-state index contributed by atoms with van der Waals surface area (Å²) in [4.78, 5) is 1.92. The van der Waals surface area contributed by atoms with Crippen LogP contribution in [0.15, 0.2) is 78.9 Å². The zero-order valence-corrected chi connectivity index (χ0v) is 18.2. The van der Waals surface area contributed by atoms with E-state index in [0.717, 1.165) is 28.1 Å². The Balaban J connectivity index is 1.91. The van der Waals surface area contributed by atoms with Crippen molar-refractivity contribution < 1.29 is 20.1 Å². The molecule has 0 aliphatic rings. The van der Waals surface area contributed by atoms with Crippen LogP contribution in [0.4, 0.5) is 17.1 Å². The predicted molar refractivity (Wildman–Crippen MR) is 127 cm³/mol. The molecule has 0 unspecified atom stereocenters. The van der Waals surface area contributed by atoms with Crippen molar-refractivity contribution in [3.05, 3.63) is 95.6 Å². The molecule has 0 fully saturated rings. The third-order valence-corrected chi connectivity index (χ3v) is 5.11. The molecule has 0 saturated heterocycles. The number of phenolic OH excluding ortho intramolecular Hbond substituents is 3. The molecule has 162 valence electrons. The summed E-state index contributed by atoms with van der Waals surface area (Å²) >= 11 is 0. The molecule has 5 heteroatoms. The van der Waals surface area contributed by atoms with Gasteiger partial charge in [0.15, 0.2) is 5.75 Å². The first-order valence-corrected chi connectivity index (χ1v) is 10.3. The number of phenols is 3. The third kappa shape index (κ3) is 4.47. The Bertz CT molecular complexity index is 1190. The fourth-order valence-electron chi connectivity index (χ4n) is 3.72. The van der Waals surface area contributed by atoms with Crippen LogP contribution < -0.4 is 9.64 Å². The van der Waals surface area contributed by atoms with Crippen molar-refractivity contribution in [2.75, 3.05) is 4.90 Å². The Kier molecular flexibility index (Phi) is 5.65. The summed E-state index contributed by atoms with van der Waals surface area (Å²) in [5.74, 6) is 1.50. The van der Waals surface area contributed by atoms with E-state index in [9.17, 15) is 15.3 Å². The number of benzene rings is 4. The molecule has 4 rings (SSSR count). The number of hydrogen-bond donors (Lipinski definition) is 3. The number of aromatic hydroxyl groups is 3. The molecule has 0 heterocycles. The number of nitrogens with zero attached hydrogens (tertiary/aromatic N) is 1. The minimum atomic E-state index is 0.118. The van der Waals surface area contributed by atoms with E-state index in [4.69, 9.17) is 4.74 Å². The highest BCUT2D eigenvalue weighted by molar-refractivity contribution is 5.82. The summed E-state index contributed by atoms with van der Waals surface area (Å²) in [6.07, 6.45) is 0. The van der Waals surface area contributed by atoms with Gasteiger partial charge < -0.3 is 25.0 Å². The van der Waals surface area contributed by atoms with Crippen molar-refractivity contribution in [1.29, 1.82) is 0 Å². The van der Waals surface area contributed by atoms with E-state index in [0.29, 0.717) is 17.2 Å². The van der Waals surface area contributed by atoms with Gasteiger partial charge in [0.25, 0.3) is 0 Å². The first-order valence-electron chi connectivity index (χ1n) is 10.3. The highest BCUT2D eigenvalue weighted by atomic mass is 16.5. The van der Waals surface area contributed by atoms with Crippen LogP contribution >= 0.6 is 0 Å². The molecule has 0 aromatic heterocycles. The monoisotopic (exact) mass is 427 g/mol. The second-order valence-electron chi connectivity index (χ2n) is 7.91. The Morgan fingerprint density at radius 1 is 0.594 bits per heavy atom. The van der Waals surface area contributed by atoms with Gasteiger partial charge in [0.05, 0.1) is 17.1 Å². The first-order chi connectivity index (χ1) is 15.3. The van der Waals surface area contributed by atoms with Crippen LogP contribution in [-0.2, 0) is 0 Å². The molecule has 0 aliphatic carbocycles. The number of para-hydroxylation sites is 2. The Labute approximate surface area is 187 Å². The van der Waals surface area contributed by atoms with Gasteiger partial charge in [-0.15, -0.1) is 0 Å². The summed E-state index contributed by atoms with van der Waals surface area (Å²) in [5.41, 5.74) is 4.82. The third-order valence-electron chi connectivity index (χ3n) is 5.11. The van der Waals surface area contributed by atoms with Crippen LogP contribution in [0.3, 0.4) is 0 Å². The molecule has 0 amide bonds. The van der Waals surface area contributed by atoms with Crippen LogP contribution in [-0.4, -0.2) is 15.3 Å². The lowest BCUT2D eigenvalue weighted by Gasteiger charge is -2.28. The molecule has 0 saturated carbocycles. The summed E-state index contributed by atoms with van der Waals surface area (Å²) in [5, 5.41) is 30.5. The molecule has 4 aromatic carbocycles. The number of aryl methyl sites for hydroxylation is 3. The standard InChI is InChI=1S/C27H25NO4/c1-17-10-20(14-23(30)12-17)28(21-11-18(2)13-24(31)15-21)25-6-4-5-7-26(25)32-27-16-22(29)9-8-19(27)3/h4-16,29-31H,1-3H3. The van der Waals surface area contributed by atoms with Gasteiger partial charge in [0, 0.05) is 18.2 Å². The highest BCUT2D eigenvalue weighted by Gasteiger charge is 2.19. The topological polar surface area (TPSA) is 73.2 Å². The van der Waals surface area contributed by atoms with Gasteiger partial charge in [-0.1, -0.05) is 18.2 Å². The smallest absolute Gasteiger partial charge is 0.151 e. The van der Waals surface area contributed by atoms with E-state index >= 15 is 0 Å². The lowest BCUT2D eigenvalue weighted by Crippen LogP contribution is -2.11. The van der Waals surface area contributed by atoms with E-state index in [2.05, 4.69) is 0 Å². The van der Waals surface area contributed by atoms with E-state index < -0.39 is 0 Å². The van der Waals surface area contributed by atoms with Crippen molar-refractivity contribution in [2.24, 2.45) is 0 Å². The minimum absolute atomic E-state index is 0.118. The second kappa shape index (κ2) is 8.55. The zero-order chi connectivity index (χ0) is 22.8. The van der Waals surface area contributed by atoms with Crippen molar-refractivity contribution in [1.82, 2.24) is 0 Å². The molecule has 3 N–H and O–H groups in total. The van der Waals surface area contributed by atoms with Crippen molar-refractivity contribution in [3.8, 4) is 28.7 Å². The maximum atomic E-state index is 10.3. The Hall–Kier alpha value is -4.12. The molecule has 0 radical (unpaired) electrons. The maximum Gasteiger partial charge on any atom is 0.151 e. The van der Waals surface area contributed by atoms with E-state index in [-0.39, 0.29) is 17.2 Å². The van der Waals surface area contributed by atoms with Gasteiger partial charge in [-0.05, 0) is 79.9 Å². The zero-order valence-electron chi connectivity index (χ0n) is 18.2. The molecule has 0 atom stereocenters. The Morgan fingerprint density at radius 3 is 1.78 bits per heavy atom. The van der Waals surface area contributed by atoms with Crippen molar-refractivity contribution in [2.45, 2.75) is 20.8 Å². The van der Waals surface area contributed by atoms with E-state index in [1.54, 1.807) is 42.5 Å². The summed E-state index contributed by atoms with van der Waals surface area (Å²) in [7, 11) is 0. The van der Waals surface area contributed by atoms with Crippen LogP contribution in [0.1, 0.15) is 16.7 Å². The molecular weight excluding hydrogens is 402 g/mol. The van der Waals surface area contributed by atoms with Gasteiger partial charge in [0.2, 0.25) is 0 Å². The van der Waals surface area contributed by atoms with Crippen molar-refractivity contribution >= 4 is 17.1 Å². The van der Waals surface area contributed by atoms with Gasteiger partial charge >= 0.3 is 0 Å². The molecular formula is C27H25NO4. The van der Waals surface area contributed by atoms with Crippen LogP contribution in [0.2, 0.25) is 0 Å². The number of rotatable bonds is 5. The molecule has 0 bridgehead atoms. The lowest BCUT2D eigenvalue weighted by atomic mass is 10.1. The largest absolute Gasteiger partial charge is 0.508 e.